The summed E-state index contributed by atoms with van der Waals surface area (Å²) < 4.78 is 39.2. The average Bonchev–Trinajstić information content (AvgIpc) is 2.64. The van der Waals surface area contributed by atoms with Gasteiger partial charge >= 0.3 is 6.18 Å². The van der Waals surface area contributed by atoms with Crippen LogP contribution in [0, 0.1) is 13.8 Å². The number of hydrogen-bond acceptors (Lipinski definition) is 3. The molecule has 0 aliphatic carbocycles. The van der Waals surface area contributed by atoms with Crippen LogP contribution in [0.5, 0.6) is 0 Å². The minimum absolute atomic E-state index is 0.0569. The summed E-state index contributed by atoms with van der Waals surface area (Å²) in [5, 5.41) is 5.12. The van der Waals surface area contributed by atoms with E-state index in [4.69, 9.17) is 0 Å². The quantitative estimate of drug-likeness (QED) is 0.722. The second kappa shape index (κ2) is 9.56. The highest BCUT2D eigenvalue weighted by atomic mass is 19.4. The topological polar surface area (TPSA) is 61.4 Å². The van der Waals surface area contributed by atoms with Crippen LogP contribution in [-0.2, 0) is 15.8 Å². The molecule has 0 bridgehead atoms. The van der Waals surface area contributed by atoms with Crippen molar-refractivity contribution in [3.8, 4) is 0 Å². The standard InChI is InChI=1S/C21H24F3N3O2/c1-4-27(13-19(29)26-20-14(2)8-7-9-15(20)3)12-18(28)25-17-11-6-5-10-16(17)21(22,23)24/h5-11H,4,12-13H2,1-3H3,(H,25,28)(H,26,29). The summed E-state index contributed by atoms with van der Waals surface area (Å²) >= 11 is 0. The van der Waals surface area contributed by atoms with E-state index < -0.39 is 17.6 Å². The van der Waals surface area contributed by atoms with Crippen LogP contribution in [0.25, 0.3) is 0 Å². The molecular formula is C21H24F3N3O2. The summed E-state index contributed by atoms with van der Waals surface area (Å²) in [5.74, 6) is -0.920. The Hall–Kier alpha value is -2.87. The summed E-state index contributed by atoms with van der Waals surface area (Å²) in [5.41, 5.74) is 1.34. The van der Waals surface area contributed by atoms with E-state index in [0.717, 1.165) is 22.9 Å². The number of likely N-dealkylation sites (N-methyl/N-ethyl adjacent to an activating group) is 1. The lowest BCUT2D eigenvalue weighted by Crippen LogP contribution is -2.39. The van der Waals surface area contributed by atoms with Crippen molar-refractivity contribution < 1.29 is 22.8 Å². The van der Waals surface area contributed by atoms with E-state index in [1.54, 1.807) is 11.8 Å². The predicted molar refractivity (Wildman–Crippen MR) is 107 cm³/mol. The van der Waals surface area contributed by atoms with Crippen LogP contribution < -0.4 is 10.6 Å². The van der Waals surface area contributed by atoms with E-state index in [2.05, 4.69) is 10.6 Å². The SMILES string of the molecule is CCN(CC(=O)Nc1ccccc1C(F)(F)F)CC(=O)Nc1c(C)cccc1C. The fourth-order valence-corrected chi connectivity index (χ4v) is 2.91. The Morgan fingerprint density at radius 2 is 1.45 bits per heavy atom. The number of hydrogen-bond donors (Lipinski definition) is 2. The lowest BCUT2D eigenvalue weighted by atomic mass is 10.1. The molecule has 2 aromatic rings. The molecule has 0 aliphatic rings. The summed E-state index contributed by atoms with van der Waals surface area (Å²) in [6.45, 7) is 5.65. The van der Waals surface area contributed by atoms with Crippen molar-refractivity contribution in [3.05, 3.63) is 59.2 Å². The first-order valence-electron chi connectivity index (χ1n) is 9.16. The Labute approximate surface area is 167 Å². The molecule has 2 amide bonds. The number of carbonyl (C=O) groups is 2. The van der Waals surface area contributed by atoms with E-state index >= 15 is 0 Å². The first-order chi connectivity index (χ1) is 13.6. The van der Waals surface area contributed by atoms with E-state index in [-0.39, 0.29) is 24.7 Å². The minimum atomic E-state index is -4.57. The van der Waals surface area contributed by atoms with Crippen LogP contribution in [0.2, 0.25) is 0 Å². The molecule has 2 aromatic carbocycles. The van der Waals surface area contributed by atoms with Crippen LogP contribution in [0.15, 0.2) is 42.5 Å². The molecule has 156 valence electrons. The maximum Gasteiger partial charge on any atom is 0.418 e. The third-order valence-electron chi connectivity index (χ3n) is 4.43. The van der Waals surface area contributed by atoms with Crippen molar-refractivity contribution in [2.45, 2.75) is 26.9 Å². The van der Waals surface area contributed by atoms with E-state index in [0.29, 0.717) is 6.54 Å². The molecule has 0 fully saturated rings. The van der Waals surface area contributed by atoms with Gasteiger partial charge in [0.2, 0.25) is 11.8 Å². The molecule has 0 saturated heterocycles. The van der Waals surface area contributed by atoms with Gasteiger partial charge in [0.05, 0.1) is 24.3 Å². The number of benzene rings is 2. The molecule has 2 rings (SSSR count). The van der Waals surface area contributed by atoms with Crippen LogP contribution in [-0.4, -0.2) is 36.3 Å². The Morgan fingerprint density at radius 3 is 2.00 bits per heavy atom. The number of para-hydroxylation sites is 2. The molecule has 2 N–H and O–H groups in total. The van der Waals surface area contributed by atoms with Gasteiger partial charge in [-0.3, -0.25) is 14.5 Å². The predicted octanol–water partition coefficient (Wildman–Crippen LogP) is 4.22. The Kier molecular flexibility index (Phi) is 7.39. The van der Waals surface area contributed by atoms with Crippen molar-refractivity contribution in [1.82, 2.24) is 4.90 Å². The molecule has 0 heterocycles. The molecule has 0 saturated carbocycles. The van der Waals surface area contributed by atoms with Gasteiger partial charge in [-0.05, 0) is 43.7 Å². The highest BCUT2D eigenvalue weighted by Crippen LogP contribution is 2.34. The number of nitrogens with one attached hydrogen (secondary N) is 2. The molecule has 8 heteroatoms. The lowest BCUT2D eigenvalue weighted by molar-refractivity contribution is -0.137. The Morgan fingerprint density at radius 1 is 0.897 bits per heavy atom. The summed E-state index contributed by atoms with van der Waals surface area (Å²) in [7, 11) is 0. The number of amides is 2. The lowest BCUT2D eigenvalue weighted by Gasteiger charge is -2.21. The molecule has 0 atom stereocenters. The van der Waals surface area contributed by atoms with Gasteiger partial charge in [-0.15, -0.1) is 0 Å². The second-order valence-electron chi connectivity index (χ2n) is 6.71. The van der Waals surface area contributed by atoms with Gasteiger partial charge in [0.15, 0.2) is 0 Å². The molecule has 5 nitrogen and oxygen atoms in total. The van der Waals surface area contributed by atoms with E-state index in [9.17, 15) is 22.8 Å². The fourth-order valence-electron chi connectivity index (χ4n) is 2.91. The Balaban J connectivity index is 1.99. The number of nitrogens with zero attached hydrogens (tertiary/aromatic N) is 1. The zero-order chi connectivity index (χ0) is 21.6. The third-order valence-corrected chi connectivity index (χ3v) is 4.43. The maximum atomic E-state index is 13.1. The molecule has 0 radical (unpaired) electrons. The van der Waals surface area contributed by atoms with E-state index in [1.165, 1.54) is 18.2 Å². The minimum Gasteiger partial charge on any atom is -0.324 e. The third kappa shape index (κ3) is 6.32. The highest BCUT2D eigenvalue weighted by Gasteiger charge is 2.33. The largest absolute Gasteiger partial charge is 0.418 e. The van der Waals surface area contributed by atoms with Gasteiger partial charge in [0.25, 0.3) is 0 Å². The van der Waals surface area contributed by atoms with Crippen molar-refractivity contribution >= 4 is 23.2 Å². The van der Waals surface area contributed by atoms with Crippen LogP contribution in [0.3, 0.4) is 0 Å². The summed E-state index contributed by atoms with van der Waals surface area (Å²) in [6, 6.07) is 10.4. The number of carbonyl (C=O) groups excluding carboxylic acids is 2. The van der Waals surface area contributed by atoms with Gasteiger partial charge < -0.3 is 10.6 Å². The number of anilines is 2. The molecule has 0 aromatic heterocycles. The molecule has 29 heavy (non-hydrogen) atoms. The zero-order valence-corrected chi connectivity index (χ0v) is 16.6. The van der Waals surface area contributed by atoms with Crippen molar-refractivity contribution in [2.75, 3.05) is 30.3 Å². The Bertz CT molecular complexity index is 861. The van der Waals surface area contributed by atoms with Crippen LogP contribution in [0.1, 0.15) is 23.6 Å². The van der Waals surface area contributed by atoms with Gasteiger partial charge in [0, 0.05) is 5.69 Å². The number of rotatable bonds is 7. The molecule has 0 aliphatic heterocycles. The highest BCUT2D eigenvalue weighted by molar-refractivity contribution is 5.95. The van der Waals surface area contributed by atoms with Gasteiger partial charge in [0.1, 0.15) is 0 Å². The van der Waals surface area contributed by atoms with Crippen molar-refractivity contribution in [1.29, 1.82) is 0 Å². The second-order valence-corrected chi connectivity index (χ2v) is 6.71. The van der Waals surface area contributed by atoms with E-state index in [1.807, 2.05) is 32.0 Å². The van der Waals surface area contributed by atoms with Gasteiger partial charge in [-0.2, -0.15) is 13.2 Å². The van der Waals surface area contributed by atoms with Gasteiger partial charge in [-0.25, -0.2) is 0 Å². The first kappa shape index (κ1) is 22.4. The fraction of sp³-hybridized carbons (Fsp3) is 0.333. The maximum absolute atomic E-state index is 13.1. The van der Waals surface area contributed by atoms with Crippen molar-refractivity contribution in [2.24, 2.45) is 0 Å². The first-order valence-corrected chi connectivity index (χ1v) is 9.16. The van der Waals surface area contributed by atoms with Gasteiger partial charge in [-0.1, -0.05) is 37.3 Å². The zero-order valence-electron chi connectivity index (χ0n) is 16.6. The smallest absolute Gasteiger partial charge is 0.324 e. The van der Waals surface area contributed by atoms with Crippen LogP contribution in [0.4, 0.5) is 24.5 Å². The molecule has 0 spiro atoms. The number of halogens is 3. The van der Waals surface area contributed by atoms with Crippen molar-refractivity contribution in [3.63, 3.8) is 0 Å². The number of alkyl halides is 3. The monoisotopic (exact) mass is 407 g/mol. The summed E-state index contributed by atoms with van der Waals surface area (Å²) in [6.07, 6.45) is -4.57. The normalized spacial score (nSPS) is 11.4. The average molecular weight is 407 g/mol. The molecule has 0 unspecified atom stereocenters. The molecular weight excluding hydrogens is 383 g/mol. The summed E-state index contributed by atoms with van der Waals surface area (Å²) in [4.78, 5) is 26.2. The van der Waals surface area contributed by atoms with Crippen LogP contribution >= 0.6 is 0 Å². The number of aryl methyl sites for hydroxylation is 2.